The number of nitrogens with zero attached hydrogens (tertiary/aromatic N) is 1. The summed E-state index contributed by atoms with van der Waals surface area (Å²) in [7, 11) is -4.13. The van der Waals surface area contributed by atoms with E-state index < -0.39 is 21.5 Å². The number of aryl methyl sites for hydroxylation is 1. The molecule has 3 rings (SSSR count). The highest BCUT2D eigenvalue weighted by Gasteiger charge is 2.22. The van der Waals surface area contributed by atoms with Gasteiger partial charge in [0, 0.05) is 11.1 Å². The molecule has 3 aromatic rings. The van der Waals surface area contributed by atoms with Gasteiger partial charge in [-0.3, -0.25) is 14.3 Å². The van der Waals surface area contributed by atoms with Crippen LogP contribution in [-0.4, -0.2) is 38.4 Å². The Labute approximate surface area is 189 Å². The third-order valence-corrected chi connectivity index (χ3v) is 5.97. The molecule has 0 saturated heterocycles. The standard InChI is InChI=1S/C21H24N6O5S/c1-13-11-15(12-18(28)24-9-10-32-26-21(22)23)19(20(29)25-13)27-33(30,31)17-8-4-6-14-5-2-3-7-16(14)17/h2-8,11,27H,9-10,12H2,1H3,(H,24,28)(H,25,29)(H4,22,23,26). The normalized spacial score (nSPS) is 11.1. The molecular formula is C21H24N6O5S. The molecule has 0 aliphatic carbocycles. The predicted octanol–water partition coefficient (Wildman–Crippen LogP) is 0.501. The Hall–Kier alpha value is -4.06. The van der Waals surface area contributed by atoms with E-state index in [-0.39, 0.29) is 41.7 Å². The number of rotatable bonds is 9. The Morgan fingerprint density at radius 2 is 1.88 bits per heavy atom. The second-order valence-corrected chi connectivity index (χ2v) is 8.79. The van der Waals surface area contributed by atoms with E-state index in [1.54, 1.807) is 43.3 Å². The monoisotopic (exact) mass is 472 g/mol. The van der Waals surface area contributed by atoms with Crippen molar-refractivity contribution in [2.24, 2.45) is 16.6 Å². The van der Waals surface area contributed by atoms with Crippen LogP contribution in [0.3, 0.4) is 0 Å². The molecule has 1 heterocycles. The maximum absolute atomic E-state index is 13.2. The first-order chi connectivity index (χ1) is 15.7. The molecule has 11 nitrogen and oxygen atoms in total. The Bertz CT molecular complexity index is 1360. The molecule has 0 aliphatic rings. The number of benzene rings is 2. The number of H-pyrrole nitrogens is 1. The first kappa shape index (κ1) is 23.6. The lowest BCUT2D eigenvalue weighted by atomic mass is 10.1. The van der Waals surface area contributed by atoms with Gasteiger partial charge in [-0.2, -0.15) is 0 Å². The zero-order valence-electron chi connectivity index (χ0n) is 17.8. The minimum Gasteiger partial charge on any atom is -0.391 e. The highest BCUT2D eigenvalue weighted by atomic mass is 32.2. The van der Waals surface area contributed by atoms with Crippen molar-refractivity contribution in [2.45, 2.75) is 18.2 Å². The number of anilines is 1. The van der Waals surface area contributed by atoms with E-state index in [0.29, 0.717) is 11.1 Å². The fourth-order valence-electron chi connectivity index (χ4n) is 3.22. The molecule has 0 spiro atoms. The molecule has 12 heteroatoms. The van der Waals surface area contributed by atoms with Crippen molar-refractivity contribution in [3.8, 4) is 0 Å². The first-order valence-electron chi connectivity index (χ1n) is 9.88. The van der Waals surface area contributed by atoms with Crippen LogP contribution in [0.5, 0.6) is 0 Å². The number of guanidine groups is 1. The molecule has 0 unspecified atom stereocenters. The summed E-state index contributed by atoms with van der Waals surface area (Å²) in [6, 6.07) is 13.4. The molecule has 33 heavy (non-hydrogen) atoms. The summed E-state index contributed by atoms with van der Waals surface area (Å²) >= 11 is 0. The van der Waals surface area contributed by atoms with Crippen molar-refractivity contribution in [2.75, 3.05) is 17.9 Å². The maximum Gasteiger partial charge on any atom is 0.272 e. The first-order valence-corrected chi connectivity index (χ1v) is 11.4. The molecule has 1 amide bonds. The van der Waals surface area contributed by atoms with Gasteiger partial charge in [-0.25, -0.2) is 8.42 Å². The summed E-state index contributed by atoms with van der Waals surface area (Å²) in [5.41, 5.74) is 10.1. The lowest BCUT2D eigenvalue weighted by Gasteiger charge is -2.14. The zero-order valence-corrected chi connectivity index (χ0v) is 18.6. The number of amides is 1. The topological polar surface area (TPSA) is 182 Å². The Morgan fingerprint density at radius 3 is 2.64 bits per heavy atom. The second-order valence-electron chi connectivity index (χ2n) is 7.14. The Morgan fingerprint density at radius 1 is 1.15 bits per heavy atom. The van der Waals surface area contributed by atoms with E-state index in [1.165, 1.54) is 12.1 Å². The fraction of sp³-hybridized carbons (Fsp3) is 0.190. The van der Waals surface area contributed by atoms with Crippen molar-refractivity contribution in [1.29, 1.82) is 0 Å². The van der Waals surface area contributed by atoms with E-state index in [9.17, 15) is 18.0 Å². The van der Waals surface area contributed by atoms with E-state index in [4.69, 9.17) is 16.3 Å². The number of aromatic amines is 1. The minimum atomic E-state index is -4.13. The molecule has 0 atom stereocenters. The molecule has 1 aromatic heterocycles. The van der Waals surface area contributed by atoms with Gasteiger partial charge < -0.3 is 26.6 Å². The van der Waals surface area contributed by atoms with Gasteiger partial charge in [0.05, 0.1) is 17.9 Å². The largest absolute Gasteiger partial charge is 0.391 e. The van der Waals surface area contributed by atoms with E-state index in [2.05, 4.69) is 20.2 Å². The third kappa shape index (κ3) is 6.01. The summed E-state index contributed by atoms with van der Waals surface area (Å²) in [4.78, 5) is 32.3. The number of hydrogen-bond acceptors (Lipinski definition) is 6. The van der Waals surface area contributed by atoms with Crippen LogP contribution < -0.4 is 27.1 Å². The molecule has 0 fully saturated rings. The average molecular weight is 473 g/mol. The molecule has 174 valence electrons. The van der Waals surface area contributed by atoms with Crippen molar-refractivity contribution < 1.29 is 18.0 Å². The van der Waals surface area contributed by atoms with Gasteiger partial charge in [0.1, 0.15) is 12.3 Å². The van der Waals surface area contributed by atoms with Gasteiger partial charge in [-0.1, -0.05) is 36.4 Å². The number of hydrogen-bond donors (Lipinski definition) is 5. The Balaban J connectivity index is 1.84. The smallest absolute Gasteiger partial charge is 0.272 e. The molecular weight excluding hydrogens is 448 g/mol. The van der Waals surface area contributed by atoms with E-state index in [1.807, 2.05) is 0 Å². The molecule has 0 radical (unpaired) electrons. The number of carbonyl (C=O) groups is 1. The highest BCUT2D eigenvalue weighted by Crippen LogP contribution is 2.25. The van der Waals surface area contributed by atoms with Crippen LogP contribution in [0, 0.1) is 6.92 Å². The van der Waals surface area contributed by atoms with E-state index in [0.717, 1.165) is 5.39 Å². The number of oxime groups is 1. The quantitative estimate of drug-likeness (QED) is 0.130. The van der Waals surface area contributed by atoms with Crippen LogP contribution in [0.4, 0.5) is 5.69 Å². The molecule has 0 aliphatic heterocycles. The highest BCUT2D eigenvalue weighted by molar-refractivity contribution is 7.93. The zero-order chi connectivity index (χ0) is 24.0. The van der Waals surface area contributed by atoms with Gasteiger partial charge >= 0.3 is 0 Å². The van der Waals surface area contributed by atoms with Crippen LogP contribution in [0.2, 0.25) is 0 Å². The van der Waals surface area contributed by atoms with Gasteiger partial charge in [0.2, 0.25) is 11.9 Å². The van der Waals surface area contributed by atoms with Crippen LogP contribution >= 0.6 is 0 Å². The SMILES string of the molecule is Cc1cc(CC(=O)NCCON=C(N)N)c(NS(=O)(=O)c2cccc3ccccc23)c(=O)[nH]1. The molecule has 7 N–H and O–H groups in total. The van der Waals surface area contributed by atoms with E-state index >= 15 is 0 Å². The molecule has 0 bridgehead atoms. The predicted molar refractivity (Wildman–Crippen MR) is 125 cm³/mol. The van der Waals surface area contributed by atoms with Crippen molar-refractivity contribution in [1.82, 2.24) is 10.3 Å². The van der Waals surface area contributed by atoms with Crippen LogP contribution in [-0.2, 0) is 26.1 Å². The van der Waals surface area contributed by atoms with Crippen molar-refractivity contribution in [3.63, 3.8) is 0 Å². The van der Waals surface area contributed by atoms with Gasteiger partial charge in [-0.05, 0) is 35.2 Å². The van der Waals surface area contributed by atoms with Crippen molar-refractivity contribution >= 4 is 38.3 Å². The Kier molecular flexibility index (Phi) is 7.18. The lowest BCUT2D eigenvalue weighted by molar-refractivity contribution is -0.120. The average Bonchev–Trinajstić information content (AvgIpc) is 2.75. The minimum absolute atomic E-state index is 0.0212. The van der Waals surface area contributed by atoms with Crippen molar-refractivity contribution in [3.05, 3.63) is 70.1 Å². The summed E-state index contributed by atoms with van der Waals surface area (Å²) in [6.07, 6.45) is -0.236. The van der Waals surface area contributed by atoms with Crippen LogP contribution in [0.25, 0.3) is 10.8 Å². The van der Waals surface area contributed by atoms with Crippen LogP contribution in [0.15, 0.2) is 63.4 Å². The molecule has 2 aromatic carbocycles. The number of aromatic nitrogens is 1. The maximum atomic E-state index is 13.2. The number of fused-ring (bicyclic) bond motifs is 1. The molecule has 0 saturated carbocycles. The fourth-order valence-corrected chi connectivity index (χ4v) is 4.56. The van der Waals surface area contributed by atoms with Gasteiger partial charge in [0.25, 0.3) is 15.6 Å². The number of nitrogens with two attached hydrogens (primary N) is 2. The summed E-state index contributed by atoms with van der Waals surface area (Å²) < 4.78 is 28.7. The number of sulfonamides is 1. The van der Waals surface area contributed by atoms with Gasteiger partial charge in [0.15, 0.2) is 0 Å². The second kappa shape index (κ2) is 10.0. The number of carbonyl (C=O) groups excluding carboxylic acids is 1. The third-order valence-electron chi connectivity index (χ3n) is 4.56. The number of pyridine rings is 1. The summed E-state index contributed by atoms with van der Waals surface area (Å²) in [6.45, 7) is 1.77. The summed E-state index contributed by atoms with van der Waals surface area (Å²) in [5.74, 6) is -0.692. The lowest BCUT2D eigenvalue weighted by Crippen LogP contribution is -2.30. The summed E-state index contributed by atoms with van der Waals surface area (Å²) in [5, 5.41) is 7.16. The van der Waals surface area contributed by atoms with Crippen LogP contribution in [0.1, 0.15) is 11.3 Å². The number of nitrogens with one attached hydrogen (secondary N) is 3. The van der Waals surface area contributed by atoms with Gasteiger partial charge in [-0.15, -0.1) is 0 Å².